The number of aromatic nitrogens is 3. The van der Waals surface area contributed by atoms with Crippen molar-refractivity contribution in [2.24, 2.45) is 5.92 Å². The molecule has 11 heteroatoms. The summed E-state index contributed by atoms with van der Waals surface area (Å²) in [6.07, 6.45) is 5.33. The lowest BCUT2D eigenvalue weighted by molar-refractivity contribution is 0.0160. The Morgan fingerprint density at radius 1 is 0.980 bits per heavy atom. The van der Waals surface area contributed by atoms with E-state index in [9.17, 15) is 14.0 Å². The van der Waals surface area contributed by atoms with E-state index < -0.39 is 17.5 Å². The van der Waals surface area contributed by atoms with E-state index in [1.54, 1.807) is 12.1 Å². The van der Waals surface area contributed by atoms with Gasteiger partial charge in [0, 0.05) is 42.3 Å². The van der Waals surface area contributed by atoms with E-state index >= 15 is 0 Å². The maximum Gasteiger partial charge on any atom is 0.410 e. The van der Waals surface area contributed by atoms with Gasteiger partial charge in [0.05, 0.1) is 17.3 Å². The third-order valence-corrected chi connectivity index (χ3v) is 8.92. The highest BCUT2D eigenvalue weighted by atomic mass is 32.2. The number of hydrogen-bond donors (Lipinski definition) is 2. The molecule has 1 aliphatic heterocycles. The van der Waals surface area contributed by atoms with E-state index in [4.69, 9.17) is 14.7 Å². The fraction of sp³-hybridized carbons (Fsp3) is 0.564. The number of hydrogen-bond acceptors (Lipinski definition) is 8. The highest BCUT2D eigenvalue weighted by molar-refractivity contribution is 7.97. The van der Waals surface area contributed by atoms with Gasteiger partial charge in [-0.1, -0.05) is 67.5 Å². The van der Waals surface area contributed by atoms with Gasteiger partial charge < -0.3 is 15.0 Å². The fourth-order valence-electron chi connectivity index (χ4n) is 5.45. The largest absolute Gasteiger partial charge is 0.444 e. The number of anilines is 1. The molecule has 2 atom stereocenters. The Morgan fingerprint density at radius 3 is 2.30 bits per heavy atom. The number of ether oxygens (including phenoxy) is 1. The van der Waals surface area contributed by atoms with Crippen LogP contribution in [0.15, 0.2) is 53.7 Å². The van der Waals surface area contributed by atoms with Crippen LogP contribution in [0.2, 0.25) is 0 Å². The summed E-state index contributed by atoms with van der Waals surface area (Å²) in [4.78, 5) is 41.0. The third-order valence-electron chi connectivity index (χ3n) is 8.20. The van der Waals surface area contributed by atoms with Crippen molar-refractivity contribution in [3.63, 3.8) is 0 Å². The minimum absolute atomic E-state index is 0.0210. The quantitative estimate of drug-likeness (QED) is 0.167. The van der Waals surface area contributed by atoms with Crippen molar-refractivity contribution in [1.82, 2.24) is 24.6 Å². The summed E-state index contributed by atoms with van der Waals surface area (Å²) >= 11 is 1.02. The smallest absolute Gasteiger partial charge is 0.410 e. The maximum absolute atomic E-state index is 14.7. The van der Waals surface area contributed by atoms with Crippen LogP contribution in [0.1, 0.15) is 135 Å². The summed E-state index contributed by atoms with van der Waals surface area (Å²) in [6, 6.07) is 12.7. The topological polar surface area (TPSA) is 109 Å². The standard InChI is InChI=1S/C37H51FN6O3S.C2H6/c1-35(2,3)25-16-19-27(39-22-25)28(18-15-24-12-11-21-44(23-24)34(46)47-37(7,8)9)40-30-13-10-14-31(42-30)48-43-33(45)26-17-20-29(36(4,5)6)41-32(26)38;1-2/h10,13-14,16-17,19-20,22,24,28H,11-12,15,18,21,23H2,1-9H3,(H,40,42)(H,43,45);1-2H3. The molecule has 1 saturated heterocycles. The molecule has 0 saturated carbocycles. The van der Waals surface area contributed by atoms with Gasteiger partial charge in [0.2, 0.25) is 5.95 Å². The number of amides is 2. The van der Waals surface area contributed by atoms with Crippen LogP contribution in [0.3, 0.4) is 0 Å². The number of nitrogens with one attached hydrogen (secondary N) is 2. The summed E-state index contributed by atoms with van der Waals surface area (Å²) in [6.45, 7) is 23.3. The number of nitrogens with zero attached hydrogens (tertiary/aromatic N) is 4. The van der Waals surface area contributed by atoms with Gasteiger partial charge in [0.1, 0.15) is 16.4 Å². The second-order valence-electron chi connectivity index (χ2n) is 15.6. The molecular formula is C39H57FN6O3S. The minimum Gasteiger partial charge on any atom is -0.444 e. The zero-order valence-corrected chi connectivity index (χ0v) is 32.6. The van der Waals surface area contributed by atoms with E-state index in [-0.39, 0.29) is 28.5 Å². The molecule has 0 spiro atoms. The van der Waals surface area contributed by atoms with Crippen molar-refractivity contribution in [3.05, 3.63) is 77.1 Å². The zero-order valence-electron chi connectivity index (χ0n) is 31.8. The molecule has 2 unspecified atom stereocenters. The molecule has 1 fully saturated rings. The van der Waals surface area contributed by atoms with Gasteiger partial charge in [-0.05, 0) is 93.7 Å². The van der Waals surface area contributed by atoms with Crippen molar-refractivity contribution in [2.75, 3.05) is 18.4 Å². The molecular weight excluding hydrogens is 652 g/mol. The van der Waals surface area contributed by atoms with Crippen molar-refractivity contribution >= 4 is 29.8 Å². The van der Waals surface area contributed by atoms with Gasteiger partial charge in [-0.25, -0.2) is 14.8 Å². The van der Waals surface area contributed by atoms with E-state index in [1.165, 1.54) is 6.07 Å². The summed E-state index contributed by atoms with van der Waals surface area (Å²) in [7, 11) is 0. The molecule has 4 heterocycles. The lowest BCUT2D eigenvalue weighted by Gasteiger charge is -2.34. The second-order valence-corrected chi connectivity index (χ2v) is 16.4. The fourth-order valence-corrected chi connectivity index (χ4v) is 6.05. The number of carbonyl (C=O) groups excluding carboxylic acids is 2. The lowest BCUT2D eigenvalue weighted by Crippen LogP contribution is -2.43. The molecule has 274 valence electrons. The first-order valence-corrected chi connectivity index (χ1v) is 18.5. The lowest BCUT2D eigenvalue weighted by atomic mass is 9.87. The van der Waals surface area contributed by atoms with Crippen LogP contribution < -0.4 is 10.0 Å². The summed E-state index contributed by atoms with van der Waals surface area (Å²) in [5.74, 6) is -0.423. The highest BCUT2D eigenvalue weighted by Crippen LogP contribution is 2.31. The Morgan fingerprint density at radius 2 is 1.70 bits per heavy atom. The predicted octanol–water partition coefficient (Wildman–Crippen LogP) is 9.65. The van der Waals surface area contributed by atoms with Crippen molar-refractivity contribution in [2.45, 2.75) is 129 Å². The SMILES string of the molecule is CC.CC(C)(C)OC(=O)N1CCCC(CCC(Nc2cccc(SNC(=O)c3ccc(C(C)(C)C)nc3F)n2)c2ccc(C(C)(C)C)cn2)C1. The third kappa shape index (κ3) is 12.2. The van der Waals surface area contributed by atoms with E-state index in [0.29, 0.717) is 35.5 Å². The molecule has 9 nitrogen and oxygen atoms in total. The molecule has 0 aromatic carbocycles. The molecule has 0 aliphatic carbocycles. The van der Waals surface area contributed by atoms with Gasteiger partial charge in [0.15, 0.2) is 0 Å². The maximum atomic E-state index is 14.7. The Labute approximate surface area is 303 Å². The number of piperidine rings is 1. The van der Waals surface area contributed by atoms with Crippen LogP contribution in [-0.4, -0.2) is 50.5 Å². The van der Waals surface area contributed by atoms with Gasteiger partial charge in [-0.15, -0.1) is 0 Å². The average molecular weight is 709 g/mol. The highest BCUT2D eigenvalue weighted by Gasteiger charge is 2.29. The Balaban J connectivity index is 0.00000332. The van der Waals surface area contributed by atoms with Crippen LogP contribution in [0.4, 0.5) is 15.0 Å². The molecule has 0 radical (unpaired) electrons. The first-order chi connectivity index (χ1) is 23.4. The van der Waals surface area contributed by atoms with Crippen molar-refractivity contribution in [1.29, 1.82) is 0 Å². The molecule has 50 heavy (non-hydrogen) atoms. The average Bonchev–Trinajstić information content (AvgIpc) is 3.05. The first kappa shape index (κ1) is 40.7. The van der Waals surface area contributed by atoms with Crippen LogP contribution in [0.25, 0.3) is 0 Å². The Kier molecular flexibility index (Phi) is 14.2. The number of rotatable bonds is 9. The molecule has 3 aromatic rings. The second kappa shape index (κ2) is 17.5. The number of halogens is 1. The van der Waals surface area contributed by atoms with Crippen LogP contribution >= 0.6 is 11.9 Å². The van der Waals surface area contributed by atoms with E-state index in [0.717, 1.165) is 48.9 Å². The van der Waals surface area contributed by atoms with Crippen molar-refractivity contribution < 1.29 is 18.7 Å². The summed E-state index contributed by atoms with van der Waals surface area (Å²) in [5.41, 5.74) is 1.62. The molecule has 2 amide bonds. The zero-order chi connectivity index (χ0) is 37.3. The van der Waals surface area contributed by atoms with Gasteiger partial charge in [-0.2, -0.15) is 4.39 Å². The summed E-state index contributed by atoms with van der Waals surface area (Å²) < 4.78 is 23.0. The molecule has 4 rings (SSSR count). The number of pyridine rings is 3. The molecule has 3 aromatic heterocycles. The normalized spacial score (nSPS) is 15.8. The summed E-state index contributed by atoms with van der Waals surface area (Å²) in [5, 5.41) is 4.12. The van der Waals surface area contributed by atoms with Gasteiger partial charge >= 0.3 is 6.09 Å². The van der Waals surface area contributed by atoms with Crippen molar-refractivity contribution in [3.8, 4) is 0 Å². The van der Waals surface area contributed by atoms with E-state index in [2.05, 4.69) is 47.9 Å². The predicted molar refractivity (Wildman–Crippen MR) is 201 cm³/mol. The molecule has 1 aliphatic rings. The molecule has 0 bridgehead atoms. The Bertz CT molecular complexity index is 1560. The van der Waals surface area contributed by atoms with Crippen LogP contribution in [0.5, 0.6) is 0 Å². The Hall–Kier alpha value is -3.73. The number of likely N-dealkylation sites (tertiary alicyclic amines) is 1. The molecule has 2 N–H and O–H groups in total. The van der Waals surface area contributed by atoms with Gasteiger partial charge in [0.25, 0.3) is 5.91 Å². The van der Waals surface area contributed by atoms with Gasteiger partial charge in [-0.3, -0.25) is 14.5 Å². The monoisotopic (exact) mass is 708 g/mol. The van der Waals surface area contributed by atoms with Crippen LogP contribution in [-0.2, 0) is 15.6 Å². The first-order valence-electron chi connectivity index (χ1n) is 17.7. The van der Waals surface area contributed by atoms with E-state index in [1.807, 2.05) is 78.6 Å². The number of carbonyl (C=O) groups is 2. The minimum atomic E-state index is -0.802. The van der Waals surface area contributed by atoms with Crippen LogP contribution in [0, 0.1) is 11.9 Å².